The molecular weight excluding hydrogens is 270 g/mol. The summed E-state index contributed by atoms with van der Waals surface area (Å²) in [7, 11) is 1.36. The molecule has 0 bridgehead atoms. The molecule has 1 heterocycles. The maximum absolute atomic E-state index is 12.7. The number of halogens is 3. The number of hydrogen-bond acceptors (Lipinski definition) is 3. The maximum Gasteiger partial charge on any atom is 0.266 e. The third kappa shape index (κ3) is 2.42. The molecule has 0 aliphatic heterocycles. The van der Waals surface area contributed by atoms with Crippen molar-refractivity contribution in [1.82, 2.24) is 4.98 Å². The first-order valence-corrected chi connectivity index (χ1v) is 4.77. The standard InChI is InChI=1S/C9H7BrF2N2O/c1-15-6-4-14-5(2-3-13)7(8(6)10)9(11)12/h4,9H,2H2,1H3. The van der Waals surface area contributed by atoms with Gasteiger partial charge < -0.3 is 4.74 Å². The lowest BCUT2D eigenvalue weighted by Crippen LogP contribution is -2.01. The summed E-state index contributed by atoms with van der Waals surface area (Å²) in [5, 5.41) is 8.46. The van der Waals surface area contributed by atoms with E-state index in [1.54, 1.807) is 6.07 Å². The van der Waals surface area contributed by atoms with Crippen molar-refractivity contribution in [3.8, 4) is 11.8 Å². The number of ether oxygens (including phenoxy) is 1. The van der Waals surface area contributed by atoms with E-state index < -0.39 is 6.43 Å². The Morgan fingerprint density at radius 1 is 1.67 bits per heavy atom. The molecule has 3 nitrogen and oxygen atoms in total. The fourth-order valence-electron chi connectivity index (χ4n) is 1.10. The predicted molar refractivity (Wildman–Crippen MR) is 52.8 cm³/mol. The number of rotatable bonds is 3. The summed E-state index contributed by atoms with van der Waals surface area (Å²) in [4.78, 5) is 3.76. The van der Waals surface area contributed by atoms with Gasteiger partial charge in [0.25, 0.3) is 6.43 Å². The van der Waals surface area contributed by atoms with Crippen LogP contribution in [0, 0.1) is 11.3 Å². The summed E-state index contributed by atoms with van der Waals surface area (Å²) in [6.45, 7) is 0. The zero-order valence-electron chi connectivity index (χ0n) is 7.80. The Kier molecular flexibility index (Phi) is 3.97. The molecule has 80 valence electrons. The van der Waals surface area contributed by atoms with Gasteiger partial charge in [0.05, 0.1) is 41.5 Å². The monoisotopic (exact) mass is 276 g/mol. The van der Waals surface area contributed by atoms with Crippen molar-refractivity contribution >= 4 is 15.9 Å². The highest BCUT2D eigenvalue weighted by molar-refractivity contribution is 9.10. The van der Waals surface area contributed by atoms with Crippen LogP contribution in [0.15, 0.2) is 10.7 Å². The second-order valence-electron chi connectivity index (χ2n) is 2.64. The van der Waals surface area contributed by atoms with E-state index in [1.165, 1.54) is 13.3 Å². The highest BCUT2D eigenvalue weighted by atomic mass is 79.9. The molecule has 0 radical (unpaired) electrons. The molecular formula is C9H7BrF2N2O. The molecule has 0 saturated heterocycles. The fourth-order valence-corrected chi connectivity index (χ4v) is 1.77. The van der Waals surface area contributed by atoms with Crippen LogP contribution in [0.2, 0.25) is 0 Å². The van der Waals surface area contributed by atoms with Gasteiger partial charge >= 0.3 is 0 Å². The minimum atomic E-state index is -2.69. The summed E-state index contributed by atoms with van der Waals surface area (Å²) in [5.74, 6) is 0.229. The lowest BCUT2D eigenvalue weighted by Gasteiger charge is -2.10. The highest BCUT2D eigenvalue weighted by Gasteiger charge is 2.20. The second kappa shape index (κ2) is 5.03. The van der Waals surface area contributed by atoms with Crippen LogP contribution >= 0.6 is 15.9 Å². The first-order chi connectivity index (χ1) is 7.11. The Morgan fingerprint density at radius 3 is 2.80 bits per heavy atom. The van der Waals surface area contributed by atoms with E-state index in [9.17, 15) is 8.78 Å². The van der Waals surface area contributed by atoms with E-state index in [2.05, 4.69) is 20.9 Å². The fraction of sp³-hybridized carbons (Fsp3) is 0.333. The van der Waals surface area contributed by atoms with Crippen LogP contribution in [-0.4, -0.2) is 12.1 Å². The van der Waals surface area contributed by atoms with Gasteiger partial charge in [-0.2, -0.15) is 5.26 Å². The van der Waals surface area contributed by atoms with Crippen LogP contribution in [0.1, 0.15) is 17.7 Å². The number of nitriles is 1. The molecule has 1 aromatic rings. The van der Waals surface area contributed by atoms with Crippen molar-refractivity contribution < 1.29 is 13.5 Å². The van der Waals surface area contributed by atoms with Gasteiger partial charge in [-0.25, -0.2) is 8.78 Å². The Bertz CT molecular complexity index is 404. The van der Waals surface area contributed by atoms with Gasteiger partial charge in [-0.05, 0) is 15.9 Å². The maximum atomic E-state index is 12.7. The molecule has 0 unspecified atom stereocenters. The molecule has 0 aliphatic rings. The zero-order chi connectivity index (χ0) is 11.4. The van der Waals surface area contributed by atoms with Crippen molar-refractivity contribution in [3.63, 3.8) is 0 Å². The predicted octanol–water partition coefficient (Wildman–Crippen LogP) is 2.86. The minimum Gasteiger partial charge on any atom is -0.494 e. The van der Waals surface area contributed by atoms with Crippen LogP contribution in [-0.2, 0) is 6.42 Å². The molecule has 0 amide bonds. The molecule has 0 aliphatic carbocycles. The van der Waals surface area contributed by atoms with Crippen molar-refractivity contribution in [2.45, 2.75) is 12.8 Å². The first-order valence-electron chi connectivity index (χ1n) is 3.98. The number of hydrogen-bond donors (Lipinski definition) is 0. The summed E-state index contributed by atoms with van der Waals surface area (Å²) < 4.78 is 30.4. The number of nitrogens with zero attached hydrogens (tertiary/aromatic N) is 2. The molecule has 0 aromatic carbocycles. The number of pyridine rings is 1. The summed E-state index contributed by atoms with van der Waals surface area (Å²) in [6, 6.07) is 1.79. The summed E-state index contributed by atoms with van der Waals surface area (Å²) in [5.41, 5.74) is -0.212. The van der Waals surface area contributed by atoms with Gasteiger partial charge in [0.1, 0.15) is 0 Å². The van der Waals surface area contributed by atoms with Gasteiger partial charge in [0.2, 0.25) is 0 Å². The van der Waals surface area contributed by atoms with E-state index in [0.29, 0.717) is 0 Å². The lowest BCUT2D eigenvalue weighted by atomic mass is 10.1. The van der Waals surface area contributed by atoms with E-state index in [-0.39, 0.29) is 27.9 Å². The number of methoxy groups -OCH3 is 1. The van der Waals surface area contributed by atoms with Crippen molar-refractivity contribution in [2.24, 2.45) is 0 Å². The molecule has 6 heteroatoms. The first kappa shape index (κ1) is 11.9. The third-order valence-electron chi connectivity index (χ3n) is 1.79. The van der Waals surface area contributed by atoms with E-state index >= 15 is 0 Å². The second-order valence-corrected chi connectivity index (χ2v) is 3.43. The summed E-state index contributed by atoms with van der Waals surface area (Å²) in [6.07, 6.45) is -1.53. The van der Waals surface area contributed by atoms with E-state index in [0.717, 1.165) is 0 Å². The quantitative estimate of drug-likeness (QED) is 0.853. The van der Waals surface area contributed by atoms with Crippen molar-refractivity contribution in [2.75, 3.05) is 7.11 Å². The van der Waals surface area contributed by atoms with Gasteiger partial charge in [-0.1, -0.05) is 0 Å². The van der Waals surface area contributed by atoms with Gasteiger partial charge in [0.15, 0.2) is 5.75 Å². The molecule has 15 heavy (non-hydrogen) atoms. The van der Waals surface area contributed by atoms with Gasteiger partial charge in [-0.3, -0.25) is 4.98 Å². The average Bonchev–Trinajstić information content (AvgIpc) is 2.18. The molecule has 0 spiro atoms. The minimum absolute atomic E-state index is 0.0696. The van der Waals surface area contributed by atoms with Crippen LogP contribution in [0.4, 0.5) is 8.78 Å². The molecule has 0 saturated carbocycles. The van der Waals surface area contributed by atoms with E-state index in [1.807, 2.05) is 0 Å². The normalized spacial score (nSPS) is 10.1. The molecule has 0 atom stereocenters. The molecule has 0 fully saturated rings. The lowest BCUT2D eigenvalue weighted by molar-refractivity contribution is 0.148. The molecule has 1 rings (SSSR count). The van der Waals surface area contributed by atoms with Crippen molar-refractivity contribution in [1.29, 1.82) is 5.26 Å². The third-order valence-corrected chi connectivity index (χ3v) is 2.60. The van der Waals surface area contributed by atoms with Crippen molar-refractivity contribution in [3.05, 3.63) is 21.9 Å². The Balaban J connectivity index is 3.32. The zero-order valence-corrected chi connectivity index (χ0v) is 9.38. The highest BCUT2D eigenvalue weighted by Crippen LogP contribution is 2.35. The van der Waals surface area contributed by atoms with Crippen LogP contribution in [0.5, 0.6) is 5.75 Å². The average molecular weight is 277 g/mol. The Hall–Kier alpha value is -1.22. The van der Waals surface area contributed by atoms with E-state index in [4.69, 9.17) is 10.00 Å². The van der Waals surface area contributed by atoms with Gasteiger partial charge in [0, 0.05) is 0 Å². The molecule has 0 N–H and O–H groups in total. The van der Waals surface area contributed by atoms with Crippen LogP contribution in [0.25, 0.3) is 0 Å². The SMILES string of the molecule is COc1cnc(CC#N)c(C(F)F)c1Br. The van der Waals surface area contributed by atoms with Gasteiger partial charge in [-0.15, -0.1) is 0 Å². The topological polar surface area (TPSA) is 45.9 Å². The summed E-state index contributed by atoms with van der Waals surface area (Å²) >= 11 is 3.01. The Labute approximate surface area is 93.8 Å². The molecule has 1 aromatic heterocycles. The Morgan fingerprint density at radius 2 is 2.33 bits per heavy atom. The largest absolute Gasteiger partial charge is 0.494 e. The van der Waals surface area contributed by atoms with Crippen LogP contribution in [0.3, 0.4) is 0 Å². The van der Waals surface area contributed by atoms with Crippen LogP contribution < -0.4 is 4.74 Å². The number of aromatic nitrogens is 1. The smallest absolute Gasteiger partial charge is 0.266 e. The number of alkyl halides is 2.